The van der Waals surface area contributed by atoms with Gasteiger partial charge in [0, 0.05) is 47.9 Å². The highest BCUT2D eigenvalue weighted by molar-refractivity contribution is 6.34. The molecule has 0 atom stereocenters. The molecule has 0 fully saturated rings. The second-order valence-corrected chi connectivity index (χ2v) is 8.70. The van der Waals surface area contributed by atoms with Gasteiger partial charge in [-0.2, -0.15) is 0 Å². The molecule has 0 radical (unpaired) electrons. The van der Waals surface area contributed by atoms with Crippen LogP contribution in [0.15, 0.2) is 60.7 Å². The number of phenolic OH excluding ortho intramolecular Hbond substituents is 1. The first kappa shape index (κ1) is 24.3. The van der Waals surface area contributed by atoms with Gasteiger partial charge in [-0.3, -0.25) is 10.2 Å². The molecule has 4 rings (SSSR count). The molecule has 1 heterocycles. The zero-order valence-corrected chi connectivity index (χ0v) is 20.1. The molecule has 3 aromatic carbocycles. The normalized spacial score (nSPS) is 11.0. The smallest absolute Gasteiger partial charge is 0.224 e. The number of fused-ring (bicyclic) bond motifs is 1. The fraction of sp³-hybridized carbons (Fsp3) is 0.185. The summed E-state index contributed by atoms with van der Waals surface area (Å²) < 4.78 is 5.03. The molecule has 0 bridgehead atoms. The Morgan fingerprint density at radius 1 is 1.14 bits per heavy atom. The number of benzene rings is 3. The van der Waals surface area contributed by atoms with E-state index in [1.165, 1.54) is 0 Å². The Labute approximate surface area is 208 Å². The molecule has 1 aromatic heterocycles. The summed E-state index contributed by atoms with van der Waals surface area (Å²) in [5.41, 5.74) is 10.3. The predicted molar refractivity (Wildman–Crippen MR) is 140 cm³/mol. The maximum absolute atomic E-state index is 12.6. The van der Waals surface area contributed by atoms with E-state index < -0.39 is 0 Å². The van der Waals surface area contributed by atoms with E-state index in [2.05, 4.69) is 10.3 Å². The van der Waals surface area contributed by atoms with Gasteiger partial charge in [0.1, 0.15) is 11.6 Å². The van der Waals surface area contributed by atoms with Crippen molar-refractivity contribution in [3.05, 3.63) is 76.8 Å². The number of nitrogen functional groups attached to an aromatic ring is 1. The number of carbonyl (C=O) groups excluding carboxylic acids is 1. The molecule has 35 heavy (non-hydrogen) atoms. The van der Waals surface area contributed by atoms with E-state index in [0.717, 1.165) is 28.5 Å². The van der Waals surface area contributed by atoms with Crippen molar-refractivity contribution in [3.63, 3.8) is 0 Å². The van der Waals surface area contributed by atoms with E-state index in [9.17, 15) is 9.90 Å². The second-order valence-electron chi connectivity index (χ2n) is 8.29. The summed E-state index contributed by atoms with van der Waals surface area (Å²) in [4.78, 5) is 15.9. The Kier molecular flexibility index (Phi) is 7.39. The van der Waals surface area contributed by atoms with Crippen LogP contribution in [0.4, 0.5) is 0 Å². The highest BCUT2D eigenvalue weighted by atomic mass is 35.5. The Hall–Kier alpha value is -3.81. The van der Waals surface area contributed by atoms with Gasteiger partial charge in [-0.05, 0) is 47.9 Å². The highest BCUT2D eigenvalue weighted by Gasteiger charge is 2.17. The number of phenols is 1. The number of hydrogen-bond donors (Lipinski definition) is 5. The number of aromatic hydroxyl groups is 1. The van der Waals surface area contributed by atoms with Gasteiger partial charge >= 0.3 is 0 Å². The van der Waals surface area contributed by atoms with Crippen LogP contribution in [0.2, 0.25) is 5.02 Å². The van der Waals surface area contributed by atoms with Gasteiger partial charge in [-0.25, -0.2) is 0 Å². The number of carbonyl (C=O) groups is 1. The fourth-order valence-electron chi connectivity index (χ4n) is 4.04. The van der Waals surface area contributed by atoms with Crippen molar-refractivity contribution in [1.82, 2.24) is 10.3 Å². The molecule has 0 saturated heterocycles. The molecular formula is C27H27ClN4O3. The van der Waals surface area contributed by atoms with Crippen molar-refractivity contribution in [2.24, 2.45) is 5.73 Å². The Balaban J connectivity index is 1.76. The third-order valence-electron chi connectivity index (χ3n) is 5.76. The lowest BCUT2D eigenvalue weighted by molar-refractivity contribution is -0.120. The zero-order chi connectivity index (χ0) is 24.9. The number of methoxy groups -OCH3 is 1. The summed E-state index contributed by atoms with van der Waals surface area (Å²) >= 11 is 6.29. The first-order valence-electron chi connectivity index (χ1n) is 11.2. The summed E-state index contributed by atoms with van der Waals surface area (Å²) in [7, 11) is 1.63. The SMILES string of the molecule is COCCCNC(=O)Cc1cc(-c2ccccc2)c(O)c(-c2cc3cc(C(=N)N)c(Cl)cc3[nH]2)c1. The molecule has 1 amide bonds. The van der Waals surface area contributed by atoms with Gasteiger partial charge in [-0.1, -0.05) is 41.9 Å². The number of H-pyrrole nitrogens is 1. The largest absolute Gasteiger partial charge is 0.507 e. The Bertz CT molecular complexity index is 1380. The molecule has 180 valence electrons. The van der Waals surface area contributed by atoms with E-state index in [4.69, 9.17) is 27.5 Å². The summed E-state index contributed by atoms with van der Waals surface area (Å²) in [6.07, 6.45) is 0.902. The minimum absolute atomic E-state index is 0.102. The van der Waals surface area contributed by atoms with Crippen LogP contribution in [-0.2, 0) is 16.0 Å². The molecule has 0 unspecified atom stereocenters. The van der Waals surface area contributed by atoms with Crippen molar-refractivity contribution >= 4 is 34.2 Å². The van der Waals surface area contributed by atoms with E-state index in [1.54, 1.807) is 19.2 Å². The number of hydrogen-bond acceptors (Lipinski definition) is 4. The van der Waals surface area contributed by atoms with Crippen molar-refractivity contribution in [1.29, 1.82) is 5.41 Å². The van der Waals surface area contributed by atoms with Crippen molar-refractivity contribution in [2.45, 2.75) is 12.8 Å². The maximum atomic E-state index is 12.6. The van der Waals surface area contributed by atoms with E-state index >= 15 is 0 Å². The fourth-order valence-corrected chi connectivity index (χ4v) is 4.30. The molecular weight excluding hydrogens is 464 g/mol. The molecule has 7 nitrogen and oxygen atoms in total. The molecule has 0 aliphatic carbocycles. The number of nitrogens with two attached hydrogens (primary N) is 1. The zero-order valence-electron chi connectivity index (χ0n) is 19.3. The molecule has 6 N–H and O–H groups in total. The average Bonchev–Trinajstić information content (AvgIpc) is 3.25. The summed E-state index contributed by atoms with van der Waals surface area (Å²) in [6, 6.07) is 18.5. The Morgan fingerprint density at radius 3 is 2.60 bits per heavy atom. The average molecular weight is 491 g/mol. The first-order chi connectivity index (χ1) is 16.9. The lowest BCUT2D eigenvalue weighted by Gasteiger charge is -2.13. The van der Waals surface area contributed by atoms with Gasteiger partial charge in [-0.15, -0.1) is 0 Å². The van der Waals surface area contributed by atoms with E-state index in [1.807, 2.05) is 48.5 Å². The standard InChI is InChI=1S/C27H27ClN4O3/c1-35-9-5-8-31-25(33)12-16-10-19(17-6-3-2-4-7-17)26(34)21(11-16)24-14-18-13-20(27(29)30)22(28)15-23(18)32-24/h2-4,6-7,10-11,13-15,32,34H,5,8-9,12H2,1H3,(H3,29,30)(H,31,33). The summed E-state index contributed by atoms with van der Waals surface area (Å²) in [6.45, 7) is 1.11. The van der Waals surface area contributed by atoms with Gasteiger partial charge < -0.3 is 25.9 Å². The lowest BCUT2D eigenvalue weighted by atomic mass is 9.95. The monoisotopic (exact) mass is 490 g/mol. The Morgan fingerprint density at radius 2 is 1.89 bits per heavy atom. The number of halogens is 1. The third kappa shape index (κ3) is 5.48. The molecule has 0 spiro atoms. The summed E-state index contributed by atoms with van der Waals surface area (Å²) in [5, 5.41) is 23.1. The topological polar surface area (TPSA) is 124 Å². The quantitative estimate of drug-likeness (QED) is 0.131. The van der Waals surface area contributed by atoms with Crippen LogP contribution in [-0.4, -0.2) is 42.1 Å². The van der Waals surface area contributed by atoms with Gasteiger partial charge in [0.2, 0.25) is 5.91 Å². The van der Waals surface area contributed by atoms with Crippen LogP contribution in [0.1, 0.15) is 17.5 Å². The third-order valence-corrected chi connectivity index (χ3v) is 6.07. The van der Waals surface area contributed by atoms with Gasteiger partial charge in [0.25, 0.3) is 0 Å². The van der Waals surface area contributed by atoms with Gasteiger partial charge in [0.15, 0.2) is 0 Å². The van der Waals surface area contributed by atoms with E-state index in [-0.39, 0.29) is 23.9 Å². The van der Waals surface area contributed by atoms with Gasteiger partial charge in [0.05, 0.1) is 17.1 Å². The van der Waals surface area contributed by atoms with Crippen LogP contribution in [0.5, 0.6) is 5.75 Å². The molecule has 0 aliphatic heterocycles. The molecule has 0 aliphatic rings. The minimum atomic E-state index is -0.118. The van der Waals surface area contributed by atoms with Crippen molar-refractivity contribution < 1.29 is 14.6 Å². The number of aromatic amines is 1. The van der Waals surface area contributed by atoms with E-state index in [0.29, 0.717) is 40.6 Å². The predicted octanol–water partition coefficient (Wildman–Crippen LogP) is 4.84. The number of nitrogens with one attached hydrogen (secondary N) is 3. The maximum Gasteiger partial charge on any atom is 0.224 e. The second kappa shape index (κ2) is 10.6. The number of rotatable bonds is 9. The molecule has 0 saturated carbocycles. The number of ether oxygens (including phenoxy) is 1. The minimum Gasteiger partial charge on any atom is -0.507 e. The van der Waals surface area contributed by atoms with Crippen LogP contribution in [0.3, 0.4) is 0 Å². The number of aromatic nitrogens is 1. The first-order valence-corrected chi connectivity index (χ1v) is 11.6. The molecule has 8 heteroatoms. The van der Waals surface area contributed by atoms with Crippen LogP contribution >= 0.6 is 11.6 Å². The molecule has 4 aromatic rings. The lowest BCUT2D eigenvalue weighted by Crippen LogP contribution is -2.26. The van der Waals surface area contributed by atoms with Crippen LogP contribution in [0, 0.1) is 5.41 Å². The van der Waals surface area contributed by atoms with Crippen molar-refractivity contribution in [3.8, 4) is 28.1 Å². The highest BCUT2D eigenvalue weighted by Crippen LogP contribution is 2.40. The van der Waals surface area contributed by atoms with Crippen molar-refractivity contribution in [2.75, 3.05) is 20.3 Å². The van der Waals surface area contributed by atoms with Crippen LogP contribution < -0.4 is 11.1 Å². The number of amides is 1. The summed E-state index contributed by atoms with van der Waals surface area (Å²) in [5.74, 6) is -0.122. The number of amidine groups is 1. The van der Waals surface area contributed by atoms with Crippen LogP contribution in [0.25, 0.3) is 33.3 Å².